The summed E-state index contributed by atoms with van der Waals surface area (Å²) >= 11 is 6.94. The molecule has 76 valence electrons. The Morgan fingerprint density at radius 3 is 2.71 bits per heavy atom. The molecule has 0 radical (unpaired) electrons. The highest BCUT2D eigenvalue weighted by Crippen LogP contribution is 2.22. The predicted octanol–water partition coefficient (Wildman–Crippen LogP) is 2.11. The van der Waals surface area contributed by atoms with Gasteiger partial charge in [0.15, 0.2) is 5.78 Å². The number of nitrogens with one attached hydrogen (secondary N) is 1. The number of amides is 1. The molecule has 1 N–H and O–H groups in total. The lowest BCUT2D eigenvalue weighted by Crippen LogP contribution is -2.22. The van der Waals surface area contributed by atoms with Crippen molar-refractivity contribution in [3.8, 4) is 0 Å². The zero-order valence-electron chi connectivity index (χ0n) is 7.67. The van der Waals surface area contributed by atoms with Crippen LogP contribution in [0.1, 0.15) is 23.0 Å². The normalized spacial score (nSPS) is 9.86. The quantitative estimate of drug-likeness (QED) is 0.807. The minimum Gasteiger partial charge on any atom is -0.356 e. The molecule has 0 aromatic carbocycles. The first-order chi connectivity index (χ1) is 6.59. The van der Waals surface area contributed by atoms with Gasteiger partial charge in [-0.15, -0.1) is 11.3 Å². The molecule has 0 aliphatic rings. The first-order valence-corrected chi connectivity index (χ1v) is 5.32. The van der Waals surface area contributed by atoms with E-state index in [0.29, 0.717) is 22.2 Å². The number of Topliss-reactive ketones (excluding diaryl/α,β-unsaturated/α-hetero) is 1. The predicted molar refractivity (Wildman–Crippen MR) is 57.0 cm³/mol. The maximum atomic E-state index is 11.4. The number of rotatable bonds is 4. The minimum atomic E-state index is -0.123. The Morgan fingerprint density at radius 2 is 2.21 bits per heavy atom. The smallest absolute Gasteiger partial charge is 0.216 e. The molecule has 1 aromatic rings. The second-order valence-electron chi connectivity index (χ2n) is 2.76. The standard InChI is InChI=1S/C9H10ClNO2S/c1-6(12)11-5-4-7(13)8-2-3-9(10)14-8/h2-3H,4-5H2,1H3,(H,11,12). The van der Waals surface area contributed by atoms with E-state index < -0.39 is 0 Å². The van der Waals surface area contributed by atoms with Gasteiger partial charge in [0, 0.05) is 19.9 Å². The summed E-state index contributed by atoms with van der Waals surface area (Å²) in [5, 5.41) is 2.56. The van der Waals surface area contributed by atoms with Crippen molar-refractivity contribution in [2.75, 3.05) is 6.54 Å². The topological polar surface area (TPSA) is 46.2 Å². The molecule has 1 rings (SSSR count). The fraction of sp³-hybridized carbons (Fsp3) is 0.333. The molecule has 5 heteroatoms. The van der Waals surface area contributed by atoms with Crippen LogP contribution in [0.25, 0.3) is 0 Å². The van der Waals surface area contributed by atoms with Crippen molar-refractivity contribution in [3.63, 3.8) is 0 Å². The largest absolute Gasteiger partial charge is 0.356 e. The molecule has 1 amide bonds. The van der Waals surface area contributed by atoms with Gasteiger partial charge in [-0.1, -0.05) is 11.6 Å². The first kappa shape index (κ1) is 11.2. The molecule has 0 spiro atoms. The molecular formula is C9H10ClNO2S. The fourth-order valence-corrected chi connectivity index (χ4v) is 1.95. The van der Waals surface area contributed by atoms with Crippen molar-refractivity contribution >= 4 is 34.6 Å². The SMILES string of the molecule is CC(=O)NCCC(=O)c1ccc(Cl)s1. The number of thiophene rings is 1. The summed E-state index contributed by atoms with van der Waals surface area (Å²) in [6, 6.07) is 3.39. The Hall–Kier alpha value is -0.870. The summed E-state index contributed by atoms with van der Waals surface area (Å²) in [5.41, 5.74) is 0. The van der Waals surface area contributed by atoms with E-state index in [1.807, 2.05) is 0 Å². The van der Waals surface area contributed by atoms with Crippen LogP contribution in [-0.2, 0) is 4.79 Å². The van der Waals surface area contributed by atoms with Gasteiger partial charge in [-0.05, 0) is 12.1 Å². The fourth-order valence-electron chi connectivity index (χ4n) is 0.939. The zero-order valence-corrected chi connectivity index (χ0v) is 9.24. The third-order valence-corrected chi connectivity index (χ3v) is 2.85. The summed E-state index contributed by atoms with van der Waals surface area (Å²) in [6.45, 7) is 1.80. The highest BCUT2D eigenvalue weighted by atomic mass is 35.5. The zero-order chi connectivity index (χ0) is 10.6. The lowest BCUT2D eigenvalue weighted by atomic mass is 10.2. The summed E-state index contributed by atoms with van der Waals surface area (Å²) in [6.07, 6.45) is 0.316. The summed E-state index contributed by atoms with van der Waals surface area (Å²) in [4.78, 5) is 22.6. The maximum absolute atomic E-state index is 11.4. The lowest BCUT2D eigenvalue weighted by Gasteiger charge is -1.99. The lowest BCUT2D eigenvalue weighted by molar-refractivity contribution is -0.118. The minimum absolute atomic E-state index is 0.00986. The van der Waals surface area contributed by atoms with Gasteiger partial charge >= 0.3 is 0 Å². The molecule has 0 bridgehead atoms. The van der Waals surface area contributed by atoms with Crippen molar-refractivity contribution in [2.24, 2.45) is 0 Å². The van der Waals surface area contributed by atoms with Crippen molar-refractivity contribution < 1.29 is 9.59 Å². The van der Waals surface area contributed by atoms with Crippen LogP contribution in [-0.4, -0.2) is 18.2 Å². The van der Waals surface area contributed by atoms with E-state index in [9.17, 15) is 9.59 Å². The second kappa shape index (κ2) is 5.12. The Balaban J connectivity index is 2.39. The van der Waals surface area contributed by atoms with Crippen LogP contribution in [0.15, 0.2) is 12.1 Å². The van der Waals surface area contributed by atoms with E-state index in [-0.39, 0.29) is 11.7 Å². The third kappa shape index (κ3) is 3.47. The molecule has 3 nitrogen and oxygen atoms in total. The van der Waals surface area contributed by atoms with Gasteiger partial charge in [0.2, 0.25) is 5.91 Å². The van der Waals surface area contributed by atoms with Crippen LogP contribution in [0.2, 0.25) is 4.34 Å². The molecule has 0 saturated heterocycles. The van der Waals surface area contributed by atoms with E-state index in [1.54, 1.807) is 12.1 Å². The van der Waals surface area contributed by atoms with Gasteiger partial charge in [-0.25, -0.2) is 0 Å². The maximum Gasteiger partial charge on any atom is 0.216 e. The van der Waals surface area contributed by atoms with Gasteiger partial charge < -0.3 is 5.32 Å². The van der Waals surface area contributed by atoms with Crippen LogP contribution < -0.4 is 5.32 Å². The van der Waals surface area contributed by atoms with Crippen LogP contribution in [0, 0.1) is 0 Å². The third-order valence-electron chi connectivity index (χ3n) is 1.57. The van der Waals surface area contributed by atoms with E-state index in [2.05, 4.69) is 5.32 Å². The van der Waals surface area contributed by atoms with Gasteiger partial charge in [0.1, 0.15) is 0 Å². The summed E-state index contributed by atoms with van der Waals surface area (Å²) < 4.78 is 0.605. The van der Waals surface area contributed by atoms with E-state index in [0.717, 1.165) is 0 Å². The molecular weight excluding hydrogens is 222 g/mol. The highest BCUT2D eigenvalue weighted by Gasteiger charge is 2.08. The Morgan fingerprint density at radius 1 is 1.50 bits per heavy atom. The van der Waals surface area contributed by atoms with Gasteiger partial charge in [0.25, 0.3) is 0 Å². The summed E-state index contributed by atoms with van der Waals surface area (Å²) in [7, 11) is 0. The van der Waals surface area contributed by atoms with Gasteiger partial charge in [-0.3, -0.25) is 9.59 Å². The molecule has 14 heavy (non-hydrogen) atoms. The Kier molecular flexibility index (Phi) is 4.10. The first-order valence-electron chi connectivity index (χ1n) is 4.12. The molecule has 0 saturated carbocycles. The Bertz CT molecular complexity index is 348. The van der Waals surface area contributed by atoms with E-state index >= 15 is 0 Å². The monoisotopic (exact) mass is 231 g/mol. The average Bonchev–Trinajstić information content (AvgIpc) is 2.51. The number of carbonyl (C=O) groups excluding carboxylic acids is 2. The number of carbonyl (C=O) groups is 2. The van der Waals surface area contributed by atoms with Crippen molar-refractivity contribution in [1.82, 2.24) is 5.32 Å². The molecule has 0 unspecified atom stereocenters. The molecule has 0 fully saturated rings. The highest BCUT2D eigenvalue weighted by molar-refractivity contribution is 7.18. The molecule has 0 aliphatic heterocycles. The molecule has 1 heterocycles. The number of hydrogen-bond donors (Lipinski definition) is 1. The Labute approximate surface area is 91.1 Å². The van der Waals surface area contributed by atoms with Crippen LogP contribution in [0.4, 0.5) is 0 Å². The number of ketones is 1. The number of hydrogen-bond acceptors (Lipinski definition) is 3. The van der Waals surface area contributed by atoms with E-state index in [1.165, 1.54) is 18.3 Å². The van der Waals surface area contributed by atoms with Gasteiger partial charge in [-0.2, -0.15) is 0 Å². The molecule has 0 aliphatic carbocycles. The van der Waals surface area contributed by atoms with Crippen LogP contribution in [0.3, 0.4) is 0 Å². The number of halogens is 1. The van der Waals surface area contributed by atoms with Gasteiger partial charge in [0.05, 0.1) is 9.21 Å². The second-order valence-corrected chi connectivity index (χ2v) is 4.47. The average molecular weight is 232 g/mol. The van der Waals surface area contributed by atoms with E-state index in [4.69, 9.17) is 11.6 Å². The van der Waals surface area contributed by atoms with Crippen molar-refractivity contribution in [3.05, 3.63) is 21.3 Å². The molecule has 0 atom stereocenters. The van der Waals surface area contributed by atoms with Crippen LogP contribution in [0.5, 0.6) is 0 Å². The van der Waals surface area contributed by atoms with Crippen molar-refractivity contribution in [2.45, 2.75) is 13.3 Å². The molecule has 1 aromatic heterocycles. The van der Waals surface area contributed by atoms with Crippen LogP contribution >= 0.6 is 22.9 Å². The van der Waals surface area contributed by atoms with Crippen molar-refractivity contribution in [1.29, 1.82) is 0 Å². The summed E-state index contributed by atoms with van der Waals surface area (Å²) in [5.74, 6) is -0.113.